The van der Waals surface area contributed by atoms with Crippen LogP contribution in [-0.2, 0) is 11.2 Å². The average molecular weight is 467 g/mol. The van der Waals surface area contributed by atoms with Crippen molar-refractivity contribution in [3.05, 3.63) is 35.6 Å². The van der Waals surface area contributed by atoms with Gasteiger partial charge in [-0.15, -0.1) is 24.8 Å². The van der Waals surface area contributed by atoms with Gasteiger partial charge in [0, 0.05) is 6.54 Å². The van der Waals surface area contributed by atoms with E-state index in [1.165, 1.54) is 12.1 Å². The fraction of sp³-hybridized carbons (Fsp3) is 0.650. The van der Waals surface area contributed by atoms with Gasteiger partial charge in [-0.3, -0.25) is 4.79 Å². The van der Waals surface area contributed by atoms with E-state index in [-0.39, 0.29) is 37.0 Å². The Kier molecular flexibility index (Phi) is 13.8. The molecule has 1 aromatic carbocycles. The Morgan fingerprint density at radius 3 is 2.27 bits per heavy atom. The summed E-state index contributed by atoms with van der Waals surface area (Å²) in [6.07, 6.45) is 5.06. The SMILES string of the molecule is Cl.Cl.NC(CCCCB(O)O)(CCN1CCC(Cc2ccc(F)cc2)CC1)C(=O)O. The Labute approximate surface area is 191 Å². The van der Waals surface area contributed by atoms with Gasteiger partial charge in [-0.1, -0.05) is 25.0 Å². The maximum Gasteiger partial charge on any atom is 0.451 e. The molecular weight excluding hydrogens is 433 g/mol. The molecule has 1 aromatic rings. The van der Waals surface area contributed by atoms with Crippen molar-refractivity contribution in [2.24, 2.45) is 11.7 Å². The maximum absolute atomic E-state index is 13.0. The minimum absolute atomic E-state index is 0. The van der Waals surface area contributed by atoms with Gasteiger partial charge in [-0.05, 0) is 75.1 Å². The number of carboxylic acids is 1. The lowest BCUT2D eigenvalue weighted by Gasteiger charge is -2.34. The topological polar surface area (TPSA) is 107 Å². The molecule has 0 aromatic heterocycles. The van der Waals surface area contributed by atoms with Crippen molar-refractivity contribution in [3.63, 3.8) is 0 Å². The number of hydrogen-bond donors (Lipinski definition) is 4. The first-order chi connectivity index (χ1) is 13.3. The predicted octanol–water partition coefficient (Wildman–Crippen LogP) is 2.74. The molecule has 5 N–H and O–H groups in total. The standard InChI is InChI=1S/C20H32BFN2O4.2ClH/c22-18-5-3-16(4-6-18)15-17-7-12-24(13-8-17)14-10-20(23,19(25)26)9-1-2-11-21(27)28;;/h3-6,17,27-28H,1-2,7-15,23H2,(H,25,26);2*1H. The van der Waals surface area contributed by atoms with E-state index in [9.17, 15) is 14.3 Å². The number of carboxylic acid groups (broad SMARTS) is 1. The predicted molar refractivity (Wildman–Crippen MR) is 122 cm³/mol. The van der Waals surface area contributed by atoms with Crippen molar-refractivity contribution >= 4 is 37.9 Å². The summed E-state index contributed by atoms with van der Waals surface area (Å²) in [5.74, 6) is -0.647. The Balaban J connectivity index is 0.00000420. The lowest BCUT2D eigenvalue weighted by atomic mass is 9.81. The van der Waals surface area contributed by atoms with Crippen molar-refractivity contribution in [2.75, 3.05) is 19.6 Å². The number of unbranched alkanes of at least 4 members (excludes halogenated alkanes) is 1. The highest BCUT2D eigenvalue weighted by atomic mass is 35.5. The first-order valence-electron chi connectivity index (χ1n) is 10.1. The van der Waals surface area contributed by atoms with Crippen molar-refractivity contribution in [2.45, 2.75) is 56.8 Å². The second-order valence-corrected chi connectivity index (χ2v) is 8.05. The van der Waals surface area contributed by atoms with Gasteiger partial charge in [0.2, 0.25) is 0 Å². The van der Waals surface area contributed by atoms with Crippen LogP contribution in [0.25, 0.3) is 0 Å². The maximum atomic E-state index is 13.0. The van der Waals surface area contributed by atoms with E-state index >= 15 is 0 Å². The molecule has 2 rings (SSSR count). The molecule has 1 unspecified atom stereocenters. The van der Waals surface area contributed by atoms with Crippen LogP contribution in [0.15, 0.2) is 24.3 Å². The molecule has 1 fully saturated rings. The Morgan fingerprint density at radius 1 is 1.13 bits per heavy atom. The van der Waals surface area contributed by atoms with Crippen LogP contribution in [-0.4, -0.2) is 58.3 Å². The summed E-state index contributed by atoms with van der Waals surface area (Å²) in [7, 11) is -1.35. The molecule has 0 amide bonds. The van der Waals surface area contributed by atoms with Gasteiger partial charge in [0.25, 0.3) is 0 Å². The van der Waals surface area contributed by atoms with Gasteiger partial charge >= 0.3 is 13.1 Å². The molecule has 1 aliphatic heterocycles. The van der Waals surface area contributed by atoms with E-state index in [0.717, 1.165) is 37.9 Å². The number of likely N-dealkylation sites (tertiary alicyclic amines) is 1. The minimum atomic E-state index is -1.35. The molecule has 0 aliphatic carbocycles. The third-order valence-corrected chi connectivity index (χ3v) is 5.78. The number of aliphatic carboxylic acids is 1. The third kappa shape index (κ3) is 9.94. The fourth-order valence-corrected chi connectivity index (χ4v) is 3.83. The Bertz CT molecular complexity index is 619. The van der Waals surface area contributed by atoms with E-state index in [2.05, 4.69) is 4.90 Å². The largest absolute Gasteiger partial charge is 0.480 e. The molecule has 0 spiro atoms. The number of nitrogens with zero attached hydrogens (tertiary/aromatic N) is 1. The zero-order valence-corrected chi connectivity index (χ0v) is 18.8. The van der Waals surface area contributed by atoms with Crippen LogP contribution in [0.2, 0.25) is 6.32 Å². The van der Waals surface area contributed by atoms with E-state index < -0.39 is 18.6 Å². The third-order valence-electron chi connectivity index (χ3n) is 5.78. The summed E-state index contributed by atoms with van der Waals surface area (Å²) in [4.78, 5) is 13.9. The molecule has 1 atom stereocenters. The van der Waals surface area contributed by atoms with Gasteiger partial charge in [0.15, 0.2) is 0 Å². The van der Waals surface area contributed by atoms with E-state index in [1.807, 2.05) is 12.1 Å². The van der Waals surface area contributed by atoms with Crippen LogP contribution in [0.5, 0.6) is 0 Å². The van der Waals surface area contributed by atoms with E-state index in [4.69, 9.17) is 15.8 Å². The quantitative estimate of drug-likeness (QED) is 0.295. The van der Waals surface area contributed by atoms with Crippen LogP contribution in [0, 0.1) is 11.7 Å². The summed E-state index contributed by atoms with van der Waals surface area (Å²) in [6.45, 7) is 2.48. The number of nitrogens with two attached hydrogens (primary N) is 1. The summed E-state index contributed by atoms with van der Waals surface area (Å²) in [5.41, 5.74) is 6.01. The molecule has 1 saturated heterocycles. The van der Waals surface area contributed by atoms with Crippen molar-refractivity contribution in [3.8, 4) is 0 Å². The average Bonchev–Trinajstić information content (AvgIpc) is 2.66. The second kappa shape index (κ2) is 14.2. The molecule has 30 heavy (non-hydrogen) atoms. The second-order valence-electron chi connectivity index (χ2n) is 8.05. The number of hydrogen-bond acceptors (Lipinski definition) is 5. The Hall–Kier alpha value is -0.895. The van der Waals surface area contributed by atoms with Crippen LogP contribution >= 0.6 is 24.8 Å². The zero-order chi connectivity index (χ0) is 20.6. The number of halogens is 3. The minimum Gasteiger partial charge on any atom is -0.480 e. The molecule has 172 valence electrons. The summed E-state index contributed by atoms with van der Waals surface area (Å²) >= 11 is 0. The van der Waals surface area contributed by atoms with Crippen LogP contribution in [0.4, 0.5) is 4.39 Å². The normalized spacial score (nSPS) is 16.8. The van der Waals surface area contributed by atoms with E-state index in [0.29, 0.717) is 38.1 Å². The molecule has 10 heteroatoms. The highest BCUT2D eigenvalue weighted by Gasteiger charge is 2.34. The highest BCUT2D eigenvalue weighted by molar-refractivity contribution is 6.40. The molecule has 6 nitrogen and oxygen atoms in total. The number of piperidine rings is 1. The summed E-state index contributed by atoms with van der Waals surface area (Å²) in [5, 5.41) is 27.3. The van der Waals surface area contributed by atoms with Crippen molar-refractivity contribution in [1.29, 1.82) is 0 Å². The van der Waals surface area contributed by atoms with Gasteiger partial charge in [0.05, 0.1) is 0 Å². The van der Waals surface area contributed by atoms with Crippen molar-refractivity contribution in [1.82, 2.24) is 4.90 Å². The molecular formula is C20H34BCl2FN2O4. The highest BCUT2D eigenvalue weighted by Crippen LogP contribution is 2.24. The summed E-state index contributed by atoms with van der Waals surface area (Å²) in [6, 6.07) is 6.68. The molecule has 1 heterocycles. The van der Waals surface area contributed by atoms with E-state index in [1.54, 1.807) is 0 Å². The number of benzene rings is 1. The molecule has 1 aliphatic rings. The monoisotopic (exact) mass is 466 g/mol. The van der Waals surface area contributed by atoms with Gasteiger partial charge < -0.3 is 25.8 Å². The smallest absolute Gasteiger partial charge is 0.451 e. The lowest BCUT2D eigenvalue weighted by Crippen LogP contribution is -2.50. The van der Waals surface area contributed by atoms with Crippen LogP contribution in [0.3, 0.4) is 0 Å². The first kappa shape index (κ1) is 29.1. The lowest BCUT2D eigenvalue weighted by molar-refractivity contribution is -0.144. The van der Waals surface area contributed by atoms with Gasteiger partial charge in [0.1, 0.15) is 11.4 Å². The first-order valence-corrected chi connectivity index (χ1v) is 10.1. The Morgan fingerprint density at radius 2 is 1.73 bits per heavy atom. The molecule has 0 saturated carbocycles. The van der Waals surface area contributed by atoms with Crippen molar-refractivity contribution < 1.29 is 24.3 Å². The van der Waals surface area contributed by atoms with Crippen LogP contribution in [0.1, 0.15) is 44.1 Å². The number of carbonyl (C=O) groups is 1. The van der Waals surface area contributed by atoms with Crippen LogP contribution < -0.4 is 5.73 Å². The number of rotatable bonds is 11. The zero-order valence-electron chi connectivity index (χ0n) is 17.2. The van der Waals surface area contributed by atoms with Gasteiger partial charge in [-0.25, -0.2) is 4.39 Å². The fourth-order valence-electron chi connectivity index (χ4n) is 3.83. The van der Waals surface area contributed by atoms with Gasteiger partial charge in [-0.2, -0.15) is 0 Å². The summed E-state index contributed by atoms with van der Waals surface area (Å²) < 4.78 is 13.0. The molecule has 0 bridgehead atoms. The molecule has 0 radical (unpaired) electrons.